The molecule has 3 N–H and O–H groups in total. The van der Waals surface area contributed by atoms with Crippen molar-refractivity contribution in [2.24, 2.45) is 0 Å². The lowest BCUT2D eigenvalue weighted by Crippen LogP contribution is -2.86. The highest BCUT2D eigenvalue weighted by atomic mass is 79.9. The summed E-state index contributed by atoms with van der Waals surface area (Å²) in [6.45, 7) is 4.32. The molecule has 0 radical (unpaired) electrons. The Bertz CT molecular complexity index is 737. The Labute approximate surface area is 155 Å². The van der Waals surface area contributed by atoms with Gasteiger partial charge in [-0.2, -0.15) is 0 Å². The van der Waals surface area contributed by atoms with Crippen LogP contribution in [0.25, 0.3) is 0 Å². The summed E-state index contributed by atoms with van der Waals surface area (Å²) in [7, 11) is 1.64. The molecular weight excluding hydrogens is 392 g/mol. The molecular formula is C18H21BrClN2O2+. The normalized spacial score (nSPS) is 11.9. The fourth-order valence-electron chi connectivity index (χ4n) is 2.35. The number of hydrogen-bond acceptors (Lipinski definition) is 2. The molecule has 1 amide bonds. The average Bonchev–Trinajstić information content (AvgIpc) is 2.55. The van der Waals surface area contributed by atoms with Crippen LogP contribution >= 0.6 is 27.5 Å². The molecule has 0 spiro atoms. The van der Waals surface area contributed by atoms with Crippen molar-refractivity contribution in [3.63, 3.8) is 0 Å². The third kappa shape index (κ3) is 4.97. The number of carbonyl (C=O) groups is 1. The van der Waals surface area contributed by atoms with Crippen LogP contribution in [0.15, 0.2) is 40.9 Å². The van der Waals surface area contributed by atoms with Crippen LogP contribution in [-0.2, 0) is 4.79 Å². The maximum Gasteiger partial charge on any atom is 0.279 e. The van der Waals surface area contributed by atoms with E-state index in [0.29, 0.717) is 11.6 Å². The number of amides is 1. The van der Waals surface area contributed by atoms with Gasteiger partial charge in [-0.15, -0.1) is 0 Å². The molecule has 4 nitrogen and oxygen atoms in total. The van der Waals surface area contributed by atoms with Crippen molar-refractivity contribution < 1.29 is 14.8 Å². The number of rotatable bonds is 6. The first-order chi connectivity index (χ1) is 11.4. The van der Waals surface area contributed by atoms with Crippen molar-refractivity contribution in [1.29, 1.82) is 0 Å². The maximum absolute atomic E-state index is 12.1. The van der Waals surface area contributed by atoms with Crippen molar-refractivity contribution in [3.05, 3.63) is 57.0 Å². The molecule has 0 unspecified atom stereocenters. The number of carbonyl (C=O) groups excluding carboxylic acids is 1. The zero-order chi connectivity index (χ0) is 17.7. The van der Waals surface area contributed by atoms with E-state index in [9.17, 15) is 4.79 Å². The minimum Gasteiger partial charge on any atom is -0.496 e. The van der Waals surface area contributed by atoms with Gasteiger partial charge in [-0.1, -0.05) is 11.6 Å². The Balaban J connectivity index is 1.92. The Morgan fingerprint density at radius 1 is 1.33 bits per heavy atom. The molecule has 0 saturated heterocycles. The highest BCUT2D eigenvalue weighted by Gasteiger charge is 2.14. The molecule has 2 rings (SSSR count). The number of nitrogens with two attached hydrogens (primary N) is 1. The first-order valence-electron chi connectivity index (χ1n) is 7.63. The largest absolute Gasteiger partial charge is 0.496 e. The lowest BCUT2D eigenvalue weighted by Gasteiger charge is -2.13. The Morgan fingerprint density at radius 2 is 2.08 bits per heavy atom. The van der Waals surface area contributed by atoms with Gasteiger partial charge in [0, 0.05) is 16.3 Å². The predicted octanol–water partition coefficient (Wildman–Crippen LogP) is 3.68. The molecule has 0 aromatic heterocycles. The van der Waals surface area contributed by atoms with Crippen molar-refractivity contribution in [1.82, 2.24) is 0 Å². The van der Waals surface area contributed by atoms with Crippen LogP contribution in [0, 0.1) is 6.92 Å². The number of methoxy groups -OCH3 is 1. The first kappa shape index (κ1) is 18.8. The van der Waals surface area contributed by atoms with Crippen LogP contribution in [0.3, 0.4) is 0 Å². The molecule has 2 aromatic rings. The predicted molar refractivity (Wildman–Crippen MR) is 101 cm³/mol. The van der Waals surface area contributed by atoms with E-state index < -0.39 is 0 Å². The fourth-order valence-corrected chi connectivity index (χ4v) is 3.14. The molecule has 0 aliphatic heterocycles. The second-order valence-corrected chi connectivity index (χ2v) is 6.92. The van der Waals surface area contributed by atoms with E-state index >= 15 is 0 Å². The summed E-state index contributed by atoms with van der Waals surface area (Å²) in [6.07, 6.45) is 0. The molecule has 1 atom stereocenters. The number of aryl methyl sites for hydroxylation is 1. The molecule has 0 aliphatic carbocycles. The van der Waals surface area contributed by atoms with Crippen molar-refractivity contribution in [3.8, 4) is 5.75 Å². The molecule has 2 aromatic carbocycles. The number of ether oxygens (including phenoxy) is 1. The first-order valence-corrected chi connectivity index (χ1v) is 8.80. The van der Waals surface area contributed by atoms with E-state index in [1.807, 2.05) is 42.6 Å². The molecule has 0 heterocycles. The SMILES string of the molecule is COc1ccc([C@@H](C)[NH2+]CC(=O)Nc2ccc(Cl)cc2C)cc1Br. The molecule has 0 saturated carbocycles. The van der Waals surface area contributed by atoms with Crippen LogP contribution in [0.5, 0.6) is 5.75 Å². The highest BCUT2D eigenvalue weighted by molar-refractivity contribution is 9.10. The molecule has 128 valence electrons. The van der Waals surface area contributed by atoms with Crippen molar-refractivity contribution in [2.75, 3.05) is 19.0 Å². The van der Waals surface area contributed by atoms with Gasteiger partial charge in [0.1, 0.15) is 11.8 Å². The van der Waals surface area contributed by atoms with Gasteiger partial charge < -0.3 is 15.4 Å². The fraction of sp³-hybridized carbons (Fsp3) is 0.278. The lowest BCUT2D eigenvalue weighted by atomic mass is 10.1. The second-order valence-electron chi connectivity index (χ2n) is 5.63. The Hall–Kier alpha value is -1.56. The zero-order valence-corrected chi connectivity index (χ0v) is 16.2. The van der Waals surface area contributed by atoms with Gasteiger partial charge >= 0.3 is 0 Å². The minimum absolute atomic E-state index is 0.0418. The van der Waals surface area contributed by atoms with E-state index in [0.717, 1.165) is 27.0 Å². The summed E-state index contributed by atoms with van der Waals surface area (Å²) in [5.41, 5.74) is 2.86. The second kappa shape index (κ2) is 8.51. The van der Waals surface area contributed by atoms with Gasteiger partial charge in [0.25, 0.3) is 5.91 Å². The molecule has 0 aliphatic rings. The van der Waals surface area contributed by atoms with E-state index in [1.165, 1.54) is 0 Å². The van der Waals surface area contributed by atoms with Crippen LogP contribution in [-0.4, -0.2) is 19.6 Å². The molecule has 0 fully saturated rings. The third-order valence-electron chi connectivity index (χ3n) is 3.82. The number of halogens is 2. The minimum atomic E-state index is -0.0418. The van der Waals surface area contributed by atoms with Crippen LogP contribution < -0.4 is 15.4 Å². The summed E-state index contributed by atoms with van der Waals surface area (Å²) in [5.74, 6) is 0.752. The van der Waals surface area contributed by atoms with E-state index in [-0.39, 0.29) is 11.9 Å². The van der Waals surface area contributed by atoms with Gasteiger partial charge in [-0.25, -0.2) is 0 Å². The number of nitrogens with one attached hydrogen (secondary N) is 1. The van der Waals surface area contributed by atoms with Gasteiger partial charge in [-0.05, 0) is 71.7 Å². The van der Waals surface area contributed by atoms with Crippen LogP contribution in [0.1, 0.15) is 24.1 Å². The van der Waals surface area contributed by atoms with Gasteiger partial charge in [-0.3, -0.25) is 4.79 Å². The van der Waals surface area contributed by atoms with Crippen LogP contribution in [0.4, 0.5) is 5.69 Å². The number of hydrogen-bond donors (Lipinski definition) is 2. The zero-order valence-electron chi connectivity index (χ0n) is 13.9. The highest BCUT2D eigenvalue weighted by Crippen LogP contribution is 2.27. The quantitative estimate of drug-likeness (QED) is 0.760. The lowest BCUT2D eigenvalue weighted by molar-refractivity contribution is -0.682. The molecule has 0 bridgehead atoms. The monoisotopic (exact) mass is 411 g/mol. The molecule has 24 heavy (non-hydrogen) atoms. The summed E-state index contributed by atoms with van der Waals surface area (Å²) in [6, 6.07) is 11.5. The summed E-state index contributed by atoms with van der Waals surface area (Å²) >= 11 is 9.41. The maximum atomic E-state index is 12.1. The standard InChI is InChI=1S/C18H20BrClN2O2/c1-11-8-14(20)5-6-16(11)22-18(23)10-21-12(2)13-4-7-17(24-3)15(19)9-13/h4-9,12,21H,10H2,1-3H3,(H,22,23)/p+1/t12-/m1/s1. The van der Waals surface area contributed by atoms with Crippen LogP contribution in [0.2, 0.25) is 5.02 Å². The average molecular weight is 413 g/mol. The summed E-state index contributed by atoms with van der Waals surface area (Å²) in [4.78, 5) is 12.1. The van der Waals surface area contributed by atoms with Gasteiger partial charge in [0.05, 0.1) is 11.6 Å². The Morgan fingerprint density at radius 3 is 2.71 bits per heavy atom. The Kier molecular flexibility index (Phi) is 6.66. The topological polar surface area (TPSA) is 54.9 Å². The van der Waals surface area contributed by atoms with E-state index in [4.69, 9.17) is 16.3 Å². The smallest absolute Gasteiger partial charge is 0.279 e. The van der Waals surface area contributed by atoms with Gasteiger partial charge in [0.15, 0.2) is 6.54 Å². The molecule has 6 heteroatoms. The number of anilines is 1. The van der Waals surface area contributed by atoms with Gasteiger partial charge in [0.2, 0.25) is 0 Å². The van der Waals surface area contributed by atoms with E-state index in [1.54, 1.807) is 13.2 Å². The van der Waals surface area contributed by atoms with Crippen molar-refractivity contribution in [2.45, 2.75) is 19.9 Å². The number of quaternary nitrogens is 1. The third-order valence-corrected chi connectivity index (χ3v) is 4.68. The summed E-state index contributed by atoms with van der Waals surface area (Å²) in [5, 5.41) is 5.57. The van der Waals surface area contributed by atoms with E-state index in [2.05, 4.69) is 28.2 Å². The summed E-state index contributed by atoms with van der Waals surface area (Å²) < 4.78 is 6.14. The number of benzene rings is 2. The van der Waals surface area contributed by atoms with Crippen molar-refractivity contribution >= 4 is 39.1 Å².